The minimum Gasteiger partial charge on any atom is -0.486 e. The Hall–Kier alpha value is -1.39. The van der Waals surface area contributed by atoms with Crippen LogP contribution in [0.3, 0.4) is 0 Å². The number of rotatable bonds is 4. The summed E-state index contributed by atoms with van der Waals surface area (Å²) >= 11 is 1.68. The average Bonchev–Trinajstić information content (AvgIpc) is 2.66. The van der Waals surface area contributed by atoms with E-state index in [9.17, 15) is 0 Å². The van der Waals surface area contributed by atoms with Crippen LogP contribution < -0.4 is 10.5 Å². The Morgan fingerprint density at radius 2 is 2.05 bits per heavy atom. The summed E-state index contributed by atoms with van der Waals surface area (Å²) in [6, 6.07) is 6.10. The molecular formula is C15H20N2OS. The minimum atomic E-state index is -0.0321. The van der Waals surface area contributed by atoms with Crippen LogP contribution in [0.1, 0.15) is 39.7 Å². The van der Waals surface area contributed by atoms with Gasteiger partial charge in [-0.05, 0) is 39.3 Å². The second-order valence-corrected chi connectivity index (χ2v) is 6.16. The molecule has 3 nitrogen and oxygen atoms in total. The number of nitrogens with two attached hydrogens (primary N) is 1. The highest BCUT2D eigenvalue weighted by Gasteiger charge is 2.10. The quantitative estimate of drug-likeness (QED) is 0.927. The van der Waals surface area contributed by atoms with Gasteiger partial charge in [0, 0.05) is 16.5 Å². The highest BCUT2D eigenvalue weighted by Crippen LogP contribution is 2.26. The summed E-state index contributed by atoms with van der Waals surface area (Å²) in [6.45, 7) is 8.62. The molecule has 2 aromatic rings. The van der Waals surface area contributed by atoms with Crippen LogP contribution in [-0.4, -0.2) is 4.98 Å². The van der Waals surface area contributed by atoms with Crippen molar-refractivity contribution >= 4 is 11.3 Å². The van der Waals surface area contributed by atoms with E-state index in [4.69, 9.17) is 10.5 Å². The van der Waals surface area contributed by atoms with Gasteiger partial charge in [-0.1, -0.05) is 12.1 Å². The average molecular weight is 276 g/mol. The smallest absolute Gasteiger partial charge is 0.140 e. The zero-order chi connectivity index (χ0) is 14.0. The van der Waals surface area contributed by atoms with Crippen molar-refractivity contribution in [3.05, 3.63) is 44.9 Å². The van der Waals surface area contributed by atoms with Crippen LogP contribution in [0.4, 0.5) is 0 Å². The lowest BCUT2D eigenvalue weighted by Gasteiger charge is -2.14. The van der Waals surface area contributed by atoms with E-state index < -0.39 is 0 Å². The molecule has 0 saturated carbocycles. The maximum atomic E-state index is 5.97. The van der Waals surface area contributed by atoms with E-state index in [1.54, 1.807) is 11.3 Å². The van der Waals surface area contributed by atoms with Crippen LogP contribution in [0.5, 0.6) is 5.75 Å². The van der Waals surface area contributed by atoms with Crippen LogP contribution >= 0.6 is 11.3 Å². The predicted molar refractivity (Wildman–Crippen MR) is 79.7 cm³/mol. The van der Waals surface area contributed by atoms with E-state index in [1.807, 2.05) is 26.0 Å². The zero-order valence-corrected chi connectivity index (χ0v) is 12.7. The fraction of sp³-hybridized carbons (Fsp3) is 0.400. The van der Waals surface area contributed by atoms with Crippen molar-refractivity contribution in [1.29, 1.82) is 0 Å². The molecule has 0 spiro atoms. The third kappa shape index (κ3) is 3.33. The molecule has 0 aliphatic carbocycles. The van der Waals surface area contributed by atoms with E-state index in [0.717, 1.165) is 22.0 Å². The highest BCUT2D eigenvalue weighted by molar-refractivity contribution is 7.11. The molecule has 1 atom stereocenters. The molecule has 0 amide bonds. The number of thiazole rings is 1. The molecule has 0 fully saturated rings. The Balaban J connectivity index is 2.16. The highest BCUT2D eigenvalue weighted by atomic mass is 32.1. The lowest BCUT2D eigenvalue weighted by Crippen LogP contribution is -2.08. The van der Waals surface area contributed by atoms with Gasteiger partial charge in [0.2, 0.25) is 0 Å². The van der Waals surface area contributed by atoms with Crippen molar-refractivity contribution in [3.8, 4) is 5.75 Å². The number of aryl methyl sites for hydroxylation is 3. The van der Waals surface area contributed by atoms with E-state index in [2.05, 4.69) is 24.9 Å². The zero-order valence-electron chi connectivity index (χ0n) is 11.9. The SMILES string of the molecule is Cc1ccc([C@@H](C)N)c(OCc2nc(C)c(C)s2)c1. The van der Waals surface area contributed by atoms with Gasteiger partial charge in [0.1, 0.15) is 17.4 Å². The molecule has 1 heterocycles. The summed E-state index contributed by atoms with van der Waals surface area (Å²) in [5.74, 6) is 0.862. The van der Waals surface area contributed by atoms with E-state index in [1.165, 1.54) is 10.4 Å². The van der Waals surface area contributed by atoms with Crippen molar-refractivity contribution < 1.29 is 4.74 Å². The summed E-state index contributed by atoms with van der Waals surface area (Å²) in [5, 5.41) is 1.01. The molecule has 4 heteroatoms. The largest absolute Gasteiger partial charge is 0.486 e. The third-order valence-electron chi connectivity index (χ3n) is 3.08. The summed E-state index contributed by atoms with van der Waals surface area (Å²) in [7, 11) is 0. The molecule has 0 unspecified atom stereocenters. The monoisotopic (exact) mass is 276 g/mol. The molecule has 0 saturated heterocycles. The minimum absolute atomic E-state index is 0.0321. The van der Waals surface area contributed by atoms with Crippen LogP contribution in [0.2, 0.25) is 0 Å². The Labute approximate surface area is 118 Å². The first-order valence-corrected chi connectivity index (χ1v) is 7.21. The van der Waals surface area contributed by atoms with Gasteiger partial charge in [-0.15, -0.1) is 11.3 Å². The molecule has 0 aliphatic heterocycles. The first-order valence-electron chi connectivity index (χ1n) is 6.39. The lowest BCUT2D eigenvalue weighted by atomic mass is 10.1. The first-order chi connectivity index (χ1) is 8.97. The van der Waals surface area contributed by atoms with Crippen molar-refractivity contribution in [1.82, 2.24) is 4.98 Å². The molecule has 1 aromatic heterocycles. The van der Waals surface area contributed by atoms with Crippen molar-refractivity contribution in [3.63, 3.8) is 0 Å². The van der Waals surface area contributed by atoms with Gasteiger partial charge >= 0.3 is 0 Å². The molecule has 1 aromatic carbocycles. The standard InChI is InChI=1S/C15H20N2OS/c1-9-5-6-13(10(2)16)14(7-9)18-8-15-17-11(3)12(4)19-15/h5-7,10H,8,16H2,1-4H3/t10-/m1/s1. The fourth-order valence-electron chi connectivity index (χ4n) is 1.88. The molecule has 2 N–H and O–H groups in total. The molecule has 19 heavy (non-hydrogen) atoms. The normalized spacial score (nSPS) is 12.5. The second kappa shape index (κ2) is 5.72. The number of hydrogen-bond acceptors (Lipinski definition) is 4. The van der Waals surface area contributed by atoms with E-state index in [-0.39, 0.29) is 6.04 Å². The molecule has 0 radical (unpaired) electrons. The number of hydrogen-bond donors (Lipinski definition) is 1. The van der Waals surface area contributed by atoms with E-state index in [0.29, 0.717) is 6.61 Å². The topological polar surface area (TPSA) is 48.1 Å². The second-order valence-electron chi connectivity index (χ2n) is 4.87. The van der Waals surface area contributed by atoms with Crippen molar-refractivity contribution in [2.45, 2.75) is 40.3 Å². The lowest BCUT2D eigenvalue weighted by molar-refractivity contribution is 0.300. The number of benzene rings is 1. The number of ether oxygens (including phenoxy) is 1. The van der Waals surface area contributed by atoms with Gasteiger partial charge < -0.3 is 10.5 Å². The van der Waals surface area contributed by atoms with Gasteiger partial charge in [-0.2, -0.15) is 0 Å². The van der Waals surface area contributed by atoms with Crippen molar-refractivity contribution in [2.75, 3.05) is 0 Å². The van der Waals surface area contributed by atoms with Gasteiger partial charge in [0.15, 0.2) is 0 Å². The van der Waals surface area contributed by atoms with Crippen LogP contribution in [0.25, 0.3) is 0 Å². The molecule has 0 bridgehead atoms. The van der Waals surface area contributed by atoms with Crippen LogP contribution in [-0.2, 0) is 6.61 Å². The summed E-state index contributed by atoms with van der Waals surface area (Å²) in [6.07, 6.45) is 0. The van der Waals surface area contributed by atoms with E-state index >= 15 is 0 Å². The Kier molecular flexibility index (Phi) is 4.22. The fourth-order valence-corrected chi connectivity index (χ4v) is 2.73. The number of aromatic nitrogens is 1. The molecule has 0 aliphatic rings. The molecular weight excluding hydrogens is 256 g/mol. The molecule has 2 rings (SSSR count). The Morgan fingerprint density at radius 1 is 1.32 bits per heavy atom. The summed E-state index contributed by atoms with van der Waals surface area (Å²) < 4.78 is 5.90. The Bertz CT molecular complexity index is 556. The van der Waals surface area contributed by atoms with Gasteiger partial charge in [-0.25, -0.2) is 4.98 Å². The van der Waals surface area contributed by atoms with Gasteiger partial charge in [0.25, 0.3) is 0 Å². The number of nitrogens with zero attached hydrogens (tertiary/aromatic N) is 1. The third-order valence-corrected chi connectivity index (χ3v) is 4.13. The molecule has 102 valence electrons. The summed E-state index contributed by atoms with van der Waals surface area (Å²) in [4.78, 5) is 5.73. The van der Waals surface area contributed by atoms with Gasteiger partial charge in [-0.3, -0.25) is 0 Å². The predicted octanol–water partition coefficient (Wildman–Crippen LogP) is 3.67. The van der Waals surface area contributed by atoms with Gasteiger partial charge in [0.05, 0.1) is 5.69 Å². The first kappa shape index (κ1) is 14.0. The Morgan fingerprint density at radius 3 is 2.63 bits per heavy atom. The summed E-state index contributed by atoms with van der Waals surface area (Å²) in [5.41, 5.74) is 9.26. The van der Waals surface area contributed by atoms with Crippen LogP contribution in [0, 0.1) is 20.8 Å². The van der Waals surface area contributed by atoms with Crippen molar-refractivity contribution in [2.24, 2.45) is 5.73 Å². The van der Waals surface area contributed by atoms with Crippen LogP contribution in [0.15, 0.2) is 18.2 Å². The maximum absolute atomic E-state index is 5.97. The maximum Gasteiger partial charge on any atom is 0.140 e.